The third kappa shape index (κ3) is 4.77. The average molecular weight is 355 g/mol. The molecule has 1 heterocycles. The summed E-state index contributed by atoms with van der Waals surface area (Å²) in [6.07, 6.45) is 0.613. The second-order valence-electron chi connectivity index (χ2n) is 6.44. The maximum atomic E-state index is 12.2. The summed E-state index contributed by atoms with van der Waals surface area (Å²) in [4.78, 5) is 61.4. The summed E-state index contributed by atoms with van der Waals surface area (Å²) in [5.41, 5.74) is 0. The van der Waals surface area contributed by atoms with Crippen LogP contribution in [-0.4, -0.2) is 65.8 Å². The molecule has 0 aromatic heterocycles. The van der Waals surface area contributed by atoms with Crippen molar-refractivity contribution in [1.82, 2.24) is 15.1 Å². The van der Waals surface area contributed by atoms with Crippen molar-refractivity contribution >= 4 is 29.7 Å². The number of rotatable bonds is 8. The number of esters is 1. The van der Waals surface area contributed by atoms with Crippen LogP contribution in [0, 0.1) is 11.8 Å². The van der Waals surface area contributed by atoms with E-state index in [2.05, 4.69) is 10.1 Å². The van der Waals surface area contributed by atoms with Gasteiger partial charge in [0, 0.05) is 6.54 Å². The molecule has 0 aromatic carbocycles. The second-order valence-corrected chi connectivity index (χ2v) is 6.44. The molecular formula is C16H25N3O6. The lowest BCUT2D eigenvalue weighted by molar-refractivity contribution is -0.147. The van der Waals surface area contributed by atoms with E-state index in [1.165, 1.54) is 7.11 Å². The molecule has 0 aliphatic carbocycles. The van der Waals surface area contributed by atoms with E-state index in [1.807, 2.05) is 6.92 Å². The number of hydrogen-bond donors (Lipinski definition) is 1. The molecule has 0 unspecified atom stereocenters. The molecule has 25 heavy (non-hydrogen) atoms. The van der Waals surface area contributed by atoms with E-state index in [0.717, 1.165) is 4.90 Å². The fraction of sp³-hybridized carbons (Fsp3) is 0.688. The van der Waals surface area contributed by atoms with Crippen molar-refractivity contribution in [3.63, 3.8) is 0 Å². The van der Waals surface area contributed by atoms with Gasteiger partial charge in [0.2, 0.25) is 5.91 Å². The summed E-state index contributed by atoms with van der Waals surface area (Å²) in [5.74, 6) is -3.52. The number of methoxy groups -OCH3 is 1. The molecule has 0 aromatic rings. The normalized spacial score (nSPS) is 17.1. The molecule has 0 radical (unpaired) electrons. The zero-order valence-electron chi connectivity index (χ0n) is 15.2. The van der Waals surface area contributed by atoms with Gasteiger partial charge < -0.3 is 10.1 Å². The smallest absolute Gasteiger partial charge is 0.334 e. The molecule has 9 heteroatoms. The molecule has 1 aliphatic heterocycles. The topological polar surface area (TPSA) is 113 Å². The van der Waals surface area contributed by atoms with Crippen molar-refractivity contribution in [2.45, 2.75) is 40.2 Å². The summed E-state index contributed by atoms with van der Waals surface area (Å²) in [6, 6.07) is -1.71. The first-order chi connectivity index (χ1) is 11.6. The number of nitrogens with one attached hydrogen (secondary N) is 1. The van der Waals surface area contributed by atoms with Crippen molar-refractivity contribution < 1.29 is 28.7 Å². The van der Waals surface area contributed by atoms with Gasteiger partial charge in [-0.1, -0.05) is 34.1 Å². The monoisotopic (exact) mass is 355 g/mol. The fourth-order valence-corrected chi connectivity index (χ4v) is 2.37. The molecule has 1 fully saturated rings. The average Bonchev–Trinajstić information content (AvgIpc) is 2.75. The highest BCUT2D eigenvalue weighted by Crippen LogP contribution is 2.14. The molecule has 2 atom stereocenters. The quantitative estimate of drug-likeness (QED) is 0.376. The third-order valence-electron chi connectivity index (χ3n) is 3.97. The zero-order valence-corrected chi connectivity index (χ0v) is 15.2. The van der Waals surface area contributed by atoms with Crippen LogP contribution in [-0.2, 0) is 23.9 Å². The fourth-order valence-electron chi connectivity index (χ4n) is 2.37. The lowest BCUT2D eigenvalue weighted by Crippen LogP contribution is -2.50. The van der Waals surface area contributed by atoms with Crippen molar-refractivity contribution in [2.24, 2.45) is 11.8 Å². The minimum atomic E-state index is -1.04. The van der Waals surface area contributed by atoms with Crippen molar-refractivity contribution in [3.8, 4) is 0 Å². The van der Waals surface area contributed by atoms with Crippen LogP contribution in [0.3, 0.4) is 0 Å². The molecule has 0 saturated carbocycles. The maximum Gasteiger partial charge on any atom is 0.334 e. The Morgan fingerprint density at radius 2 is 1.64 bits per heavy atom. The number of hydrogen-bond acceptors (Lipinski definition) is 6. The van der Waals surface area contributed by atoms with E-state index < -0.39 is 42.3 Å². The number of carbonyl (C=O) groups is 5. The van der Waals surface area contributed by atoms with Crippen molar-refractivity contribution in [1.29, 1.82) is 0 Å². The van der Waals surface area contributed by atoms with Gasteiger partial charge in [-0.15, -0.1) is 0 Å². The van der Waals surface area contributed by atoms with Crippen molar-refractivity contribution in [2.75, 3.05) is 20.2 Å². The Morgan fingerprint density at radius 3 is 2.12 bits per heavy atom. The highest BCUT2D eigenvalue weighted by molar-refractivity contribution is 6.45. The van der Waals surface area contributed by atoms with E-state index in [0.29, 0.717) is 11.3 Å². The summed E-state index contributed by atoms with van der Waals surface area (Å²) in [5, 5.41) is 2.47. The van der Waals surface area contributed by atoms with Crippen LogP contribution < -0.4 is 5.32 Å². The molecule has 5 amide bonds. The van der Waals surface area contributed by atoms with E-state index >= 15 is 0 Å². The lowest BCUT2D eigenvalue weighted by Gasteiger charge is -2.23. The Bertz CT molecular complexity index is 574. The minimum absolute atomic E-state index is 0.0106. The first-order valence-corrected chi connectivity index (χ1v) is 8.18. The Labute approximate surface area is 146 Å². The molecule has 1 rings (SSSR count). The van der Waals surface area contributed by atoms with Gasteiger partial charge in [-0.2, -0.15) is 0 Å². The minimum Gasteiger partial charge on any atom is -0.467 e. The van der Waals surface area contributed by atoms with Gasteiger partial charge in [-0.25, -0.2) is 14.5 Å². The van der Waals surface area contributed by atoms with E-state index in [9.17, 15) is 24.0 Å². The van der Waals surface area contributed by atoms with Crippen LogP contribution >= 0.6 is 0 Å². The number of imide groups is 2. The van der Waals surface area contributed by atoms with Gasteiger partial charge in [0.25, 0.3) is 0 Å². The summed E-state index contributed by atoms with van der Waals surface area (Å²) in [7, 11) is 1.21. The molecule has 140 valence electrons. The van der Waals surface area contributed by atoms with Crippen LogP contribution in [0.1, 0.15) is 34.1 Å². The van der Waals surface area contributed by atoms with Gasteiger partial charge >= 0.3 is 23.8 Å². The molecule has 1 N–H and O–H groups in total. The Balaban J connectivity index is 2.81. The lowest BCUT2D eigenvalue weighted by atomic mass is 9.99. The maximum absolute atomic E-state index is 12.2. The Kier molecular flexibility index (Phi) is 7.08. The predicted octanol–water partition coefficient (Wildman–Crippen LogP) is 0.137. The van der Waals surface area contributed by atoms with Gasteiger partial charge in [0.1, 0.15) is 12.6 Å². The first-order valence-electron chi connectivity index (χ1n) is 8.18. The third-order valence-corrected chi connectivity index (χ3v) is 3.97. The Hall–Kier alpha value is -2.45. The SMILES string of the molecule is CC[C@@H](C)[C@H](NC(=O)CN1C(=O)C(=O)N(CC(C)C)C1=O)C(=O)OC. The zero-order chi connectivity index (χ0) is 19.3. The predicted molar refractivity (Wildman–Crippen MR) is 87.1 cm³/mol. The van der Waals surface area contributed by atoms with Crippen LogP contribution in [0.5, 0.6) is 0 Å². The molecule has 1 aliphatic rings. The van der Waals surface area contributed by atoms with Crippen molar-refractivity contribution in [3.05, 3.63) is 0 Å². The molecular weight excluding hydrogens is 330 g/mol. The van der Waals surface area contributed by atoms with Gasteiger partial charge in [-0.3, -0.25) is 19.3 Å². The number of nitrogens with zero attached hydrogens (tertiary/aromatic N) is 2. The largest absolute Gasteiger partial charge is 0.467 e. The molecule has 1 saturated heterocycles. The van der Waals surface area contributed by atoms with Crippen LogP contribution in [0.25, 0.3) is 0 Å². The highest BCUT2D eigenvalue weighted by atomic mass is 16.5. The standard InChI is InChI=1S/C16H25N3O6/c1-6-10(4)12(15(23)25-5)17-11(20)8-19-14(22)13(21)18(16(19)24)7-9(2)3/h9-10,12H,6-8H2,1-5H3,(H,17,20)/t10-,12+/m1/s1. The highest BCUT2D eigenvalue weighted by Gasteiger charge is 2.45. The van der Waals surface area contributed by atoms with Crippen LogP contribution in [0.2, 0.25) is 0 Å². The van der Waals surface area contributed by atoms with Crippen LogP contribution in [0.4, 0.5) is 4.79 Å². The summed E-state index contributed by atoms with van der Waals surface area (Å²) in [6.45, 7) is 6.69. The first kappa shape index (κ1) is 20.6. The number of ether oxygens (including phenoxy) is 1. The molecule has 0 spiro atoms. The number of amides is 5. The van der Waals surface area contributed by atoms with E-state index in [-0.39, 0.29) is 18.4 Å². The van der Waals surface area contributed by atoms with Gasteiger partial charge in [-0.05, 0) is 11.8 Å². The summed E-state index contributed by atoms with van der Waals surface area (Å²) >= 11 is 0. The van der Waals surface area contributed by atoms with E-state index in [4.69, 9.17) is 0 Å². The van der Waals surface area contributed by atoms with Crippen LogP contribution in [0.15, 0.2) is 0 Å². The number of carbonyl (C=O) groups excluding carboxylic acids is 5. The number of urea groups is 1. The van der Waals surface area contributed by atoms with Gasteiger partial charge in [0.05, 0.1) is 7.11 Å². The Morgan fingerprint density at radius 1 is 1.08 bits per heavy atom. The summed E-state index contributed by atoms with van der Waals surface area (Å²) < 4.78 is 4.66. The second kappa shape index (κ2) is 8.59. The van der Waals surface area contributed by atoms with Gasteiger partial charge in [0.15, 0.2) is 0 Å². The molecule has 0 bridgehead atoms. The molecule has 9 nitrogen and oxygen atoms in total. The van der Waals surface area contributed by atoms with E-state index in [1.54, 1.807) is 20.8 Å².